The van der Waals surface area contributed by atoms with Crippen LogP contribution in [0.25, 0.3) is 0 Å². The summed E-state index contributed by atoms with van der Waals surface area (Å²) in [6.45, 7) is 0.517. The first-order chi connectivity index (χ1) is 9.97. The molecule has 1 fully saturated rings. The van der Waals surface area contributed by atoms with Gasteiger partial charge in [0.05, 0.1) is 11.0 Å². The van der Waals surface area contributed by atoms with E-state index in [9.17, 15) is 13.5 Å². The van der Waals surface area contributed by atoms with Gasteiger partial charge in [0.25, 0.3) is 0 Å². The second-order valence-corrected chi connectivity index (χ2v) is 7.97. The maximum Gasteiger partial charge on any atom is 0.175 e. The average Bonchev–Trinajstić information content (AvgIpc) is 2.72. The summed E-state index contributed by atoms with van der Waals surface area (Å²) in [5.74, 6) is 0. The number of aliphatic hydroxyl groups is 1. The van der Waals surface area contributed by atoms with Crippen molar-refractivity contribution < 1.29 is 13.5 Å². The molecule has 0 aromatic heterocycles. The molecule has 1 saturated carbocycles. The Labute approximate surface area is 127 Å². The van der Waals surface area contributed by atoms with Gasteiger partial charge in [-0.25, -0.2) is 8.42 Å². The van der Waals surface area contributed by atoms with E-state index in [0.29, 0.717) is 12.6 Å². The summed E-state index contributed by atoms with van der Waals surface area (Å²) in [5.41, 5.74) is 0.753. The Kier molecular flexibility index (Phi) is 5.79. The van der Waals surface area contributed by atoms with Crippen molar-refractivity contribution in [2.45, 2.75) is 55.6 Å². The lowest BCUT2D eigenvalue weighted by molar-refractivity contribution is 0.168. The van der Waals surface area contributed by atoms with Crippen LogP contribution in [0.5, 0.6) is 0 Å². The largest absolute Gasteiger partial charge is 0.387 e. The van der Waals surface area contributed by atoms with Gasteiger partial charge >= 0.3 is 0 Å². The molecule has 4 nitrogen and oxygen atoms in total. The van der Waals surface area contributed by atoms with Gasteiger partial charge in [-0.2, -0.15) is 0 Å². The molecule has 0 amide bonds. The normalized spacial score (nSPS) is 19.1. The molecular formula is C16H25NO3S. The van der Waals surface area contributed by atoms with E-state index < -0.39 is 15.9 Å². The van der Waals surface area contributed by atoms with E-state index in [1.807, 2.05) is 0 Å². The second kappa shape index (κ2) is 7.38. The molecular weight excluding hydrogens is 286 g/mol. The van der Waals surface area contributed by atoms with Crippen LogP contribution in [-0.4, -0.2) is 32.4 Å². The van der Waals surface area contributed by atoms with E-state index in [2.05, 4.69) is 5.32 Å². The Bertz CT molecular complexity index is 531. The highest BCUT2D eigenvalue weighted by atomic mass is 32.2. The van der Waals surface area contributed by atoms with Gasteiger partial charge in [0.1, 0.15) is 0 Å². The molecule has 1 aromatic carbocycles. The van der Waals surface area contributed by atoms with Crippen LogP contribution in [0.1, 0.15) is 50.2 Å². The lowest BCUT2D eigenvalue weighted by Gasteiger charge is -2.19. The average molecular weight is 311 g/mol. The third-order valence-corrected chi connectivity index (χ3v) is 5.28. The zero-order chi connectivity index (χ0) is 15.3. The fourth-order valence-corrected chi connectivity index (χ4v) is 3.45. The molecule has 1 atom stereocenters. The van der Waals surface area contributed by atoms with Gasteiger partial charge in [0.15, 0.2) is 9.84 Å². The van der Waals surface area contributed by atoms with E-state index >= 15 is 0 Å². The minimum Gasteiger partial charge on any atom is -0.387 e. The van der Waals surface area contributed by atoms with Gasteiger partial charge in [-0.15, -0.1) is 0 Å². The number of sulfone groups is 1. The first-order valence-corrected chi connectivity index (χ1v) is 9.57. The summed E-state index contributed by atoms with van der Waals surface area (Å²) in [4.78, 5) is 0.287. The van der Waals surface area contributed by atoms with Gasteiger partial charge in [0, 0.05) is 18.8 Å². The quantitative estimate of drug-likeness (QED) is 0.820. The maximum absolute atomic E-state index is 11.4. The SMILES string of the molecule is CS(=O)(=O)c1ccc(C(O)CNC2CCCCCC2)cc1. The molecule has 0 spiro atoms. The smallest absolute Gasteiger partial charge is 0.175 e. The highest BCUT2D eigenvalue weighted by Crippen LogP contribution is 2.19. The molecule has 1 aliphatic carbocycles. The molecule has 0 aliphatic heterocycles. The summed E-state index contributed by atoms with van der Waals surface area (Å²) in [6.07, 6.45) is 8.10. The lowest BCUT2D eigenvalue weighted by atomic mass is 10.1. The van der Waals surface area contributed by atoms with Crippen LogP contribution in [0.15, 0.2) is 29.2 Å². The number of hydrogen-bond donors (Lipinski definition) is 2. The minimum atomic E-state index is -3.18. The van der Waals surface area contributed by atoms with Crippen molar-refractivity contribution in [1.82, 2.24) is 5.32 Å². The Morgan fingerprint density at radius 2 is 1.71 bits per heavy atom. The Morgan fingerprint density at radius 3 is 2.24 bits per heavy atom. The highest BCUT2D eigenvalue weighted by Gasteiger charge is 2.15. The zero-order valence-corrected chi connectivity index (χ0v) is 13.4. The van der Waals surface area contributed by atoms with Gasteiger partial charge < -0.3 is 10.4 Å². The highest BCUT2D eigenvalue weighted by molar-refractivity contribution is 7.90. The Hall–Kier alpha value is -0.910. The van der Waals surface area contributed by atoms with Gasteiger partial charge in [-0.3, -0.25) is 0 Å². The molecule has 0 radical (unpaired) electrons. The van der Waals surface area contributed by atoms with E-state index in [0.717, 1.165) is 5.56 Å². The van der Waals surface area contributed by atoms with Crippen LogP contribution >= 0.6 is 0 Å². The molecule has 118 valence electrons. The van der Waals surface area contributed by atoms with Crippen molar-refractivity contribution in [3.05, 3.63) is 29.8 Å². The summed E-state index contributed by atoms with van der Waals surface area (Å²) < 4.78 is 22.8. The zero-order valence-electron chi connectivity index (χ0n) is 12.6. The number of aliphatic hydroxyl groups excluding tert-OH is 1. The van der Waals surface area contributed by atoms with Crippen molar-refractivity contribution in [2.24, 2.45) is 0 Å². The van der Waals surface area contributed by atoms with Crippen molar-refractivity contribution in [1.29, 1.82) is 0 Å². The standard InChI is InChI=1S/C16H25NO3S/c1-21(19,20)15-10-8-13(9-11-15)16(18)12-17-14-6-4-2-3-5-7-14/h8-11,14,16-18H,2-7,12H2,1H3. The molecule has 1 unspecified atom stereocenters. The first kappa shape index (κ1) is 16.5. The molecule has 0 saturated heterocycles. The molecule has 5 heteroatoms. The summed E-state index contributed by atoms with van der Waals surface area (Å²) in [7, 11) is -3.18. The monoisotopic (exact) mass is 311 g/mol. The first-order valence-electron chi connectivity index (χ1n) is 7.68. The van der Waals surface area contributed by atoms with Crippen LogP contribution < -0.4 is 5.32 Å². The fourth-order valence-electron chi connectivity index (χ4n) is 2.82. The minimum absolute atomic E-state index is 0.287. The lowest BCUT2D eigenvalue weighted by Crippen LogP contribution is -2.32. The van der Waals surface area contributed by atoms with Crippen molar-refractivity contribution >= 4 is 9.84 Å². The molecule has 21 heavy (non-hydrogen) atoms. The second-order valence-electron chi connectivity index (χ2n) is 5.95. The van der Waals surface area contributed by atoms with E-state index in [-0.39, 0.29) is 4.90 Å². The number of benzene rings is 1. The number of hydrogen-bond acceptors (Lipinski definition) is 4. The van der Waals surface area contributed by atoms with Crippen molar-refractivity contribution in [3.63, 3.8) is 0 Å². The third-order valence-electron chi connectivity index (χ3n) is 4.15. The van der Waals surface area contributed by atoms with E-state index in [4.69, 9.17) is 0 Å². The van der Waals surface area contributed by atoms with Gasteiger partial charge in [-0.05, 0) is 30.5 Å². The van der Waals surface area contributed by atoms with Crippen LogP contribution in [0, 0.1) is 0 Å². The number of rotatable bonds is 5. The van der Waals surface area contributed by atoms with Gasteiger partial charge in [0.2, 0.25) is 0 Å². The molecule has 2 rings (SSSR count). The summed E-state index contributed by atoms with van der Waals surface area (Å²) in [6, 6.07) is 6.99. The topological polar surface area (TPSA) is 66.4 Å². The van der Waals surface area contributed by atoms with Crippen LogP contribution in [0.3, 0.4) is 0 Å². The van der Waals surface area contributed by atoms with Crippen molar-refractivity contribution in [2.75, 3.05) is 12.8 Å². The molecule has 1 aromatic rings. The van der Waals surface area contributed by atoms with Crippen molar-refractivity contribution in [3.8, 4) is 0 Å². The van der Waals surface area contributed by atoms with E-state index in [1.54, 1.807) is 24.3 Å². The van der Waals surface area contributed by atoms with Crippen LogP contribution in [0.2, 0.25) is 0 Å². The van der Waals surface area contributed by atoms with E-state index in [1.165, 1.54) is 44.8 Å². The van der Waals surface area contributed by atoms with Crippen LogP contribution in [0.4, 0.5) is 0 Å². The molecule has 1 aliphatic rings. The predicted octanol–water partition coefficient (Wildman–Crippen LogP) is 2.44. The predicted molar refractivity (Wildman–Crippen MR) is 84.0 cm³/mol. The van der Waals surface area contributed by atoms with Gasteiger partial charge in [-0.1, -0.05) is 37.8 Å². The summed E-state index contributed by atoms with van der Waals surface area (Å²) in [5, 5.41) is 13.6. The fraction of sp³-hybridized carbons (Fsp3) is 0.625. The maximum atomic E-state index is 11.4. The molecule has 0 heterocycles. The molecule has 2 N–H and O–H groups in total. The number of nitrogens with one attached hydrogen (secondary N) is 1. The Balaban J connectivity index is 1.89. The Morgan fingerprint density at radius 1 is 1.14 bits per heavy atom. The van der Waals surface area contributed by atoms with Crippen LogP contribution in [-0.2, 0) is 9.84 Å². The molecule has 0 bridgehead atoms. The third kappa shape index (κ3) is 5.09. The summed E-state index contributed by atoms with van der Waals surface area (Å²) >= 11 is 0.